The van der Waals surface area contributed by atoms with Crippen molar-refractivity contribution in [3.8, 4) is 11.8 Å². The highest BCUT2D eigenvalue weighted by atomic mass is 32.2. The molecule has 1 aromatic heterocycles. The second kappa shape index (κ2) is 5.79. The van der Waals surface area contributed by atoms with Crippen LogP contribution in [0.5, 0.6) is 0 Å². The smallest absolute Gasteiger partial charge is 0.192 e. The molecule has 0 aliphatic carbocycles. The minimum absolute atomic E-state index is 0.329. The molecule has 0 radical (unpaired) electrons. The fourth-order valence-electron chi connectivity index (χ4n) is 1.24. The average Bonchev–Trinajstić information content (AvgIpc) is 2.61. The molecule has 0 atom stereocenters. The number of rotatable bonds is 4. The molecule has 0 amide bonds. The number of aromatic nitrogens is 3. The molecule has 0 unspecified atom stereocenters. The third-order valence-corrected chi connectivity index (χ3v) is 2.71. The Morgan fingerprint density at radius 2 is 2.20 bits per heavy atom. The standard InChI is InChI=1S/C10H16N4S/c1-4-5-6-15-10-13-12-9(7-11)14(10)8(2)3/h8H,6-7,11H2,1-3H3. The summed E-state index contributed by atoms with van der Waals surface area (Å²) in [6, 6.07) is 0.329. The molecule has 82 valence electrons. The predicted octanol–water partition coefficient (Wildman–Crippen LogP) is 1.43. The van der Waals surface area contributed by atoms with Gasteiger partial charge in [0, 0.05) is 6.04 Å². The Labute approximate surface area is 94.6 Å². The molecule has 2 N–H and O–H groups in total. The SMILES string of the molecule is CC#CCSc1nnc(CN)n1C(C)C. The summed E-state index contributed by atoms with van der Waals surface area (Å²) in [5, 5.41) is 9.06. The van der Waals surface area contributed by atoms with E-state index in [1.165, 1.54) is 0 Å². The van der Waals surface area contributed by atoms with Gasteiger partial charge in [0.05, 0.1) is 12.3 Å². The van der Waals surface area contributed by atoms with Crippen molar-refractivity contribution in [2.75, 3.05) is 5.75 Å². The molecule has 5 heteroatoms. The van der Waals surface area contributed by atoms with Crippen LogP contribution < -0.4 is 5.73 Å². The molecule has 0 aromatic carbocycles. The van der Waals surface area contributed by atoms with Gasteiger partial charge in [-0.05, 0) is 20.8 Å². The van der Waals surface area contributed by atoms with Crippen LogP contribution in [0.3, 0.4) is 0 Å². The maximum atomic E-state index is 5.60. The Morgan fingerprint density at radius 1 is 1.47 bits per heavy atom. The van der Waals surface area contributed by atoms with Crippen molar-refractivity contribution in [3.63, 3.8) is 0 Å². The van der Waals surface area contributed by atoms with Gasteiger partial charge in [0.2, 0.25) is 0 Å². The number of nitrogens with zero attached hydrogens (tertiary/aromatic N) is 3. The van der Waals surface area contributed by atoms with Crippen LogP contribution in [0.1, 0.15) is 32.6 Å². The molecular formula is C10H16N4S. The zero-order valence-corrected chi connectivity index (χ0v) is 10.1. The first-order valence-corrected chi connectivity index (χ1v) is 5.85. The van der Waals surface area contributed by atoms with Gasteiger partial charge in [-0.1, -0.05) is 17.7 Å². The maximum Gasteiger partial charge on any atom is 0.192 e. The van der Waals surface area contributed by atoms with E-state index in [-0.39, 0.29) is 0 Å². The van der Waals surface area contributed by atoms with Gasteiger partial charge in [-0.15, -0.1) is 16.1 Å². The Morgan fingerprint density at radius 3 is 2.73 bits per heavy atom. The fourth-order valence-corrected chi connectivity index (χ4v) is 2.14. The first-order valence-electron chi connectivity index (χ1n) is 4.87. The lowest BCUT2D eigenvalue weighted by Crippen LogP contribution is -2.11. The molecule has 0 aliphatic heterocycles. The first-order chi connectivity index (χ1) is 7.20. The van der Waals surface area contributed by atoms with Crippen LogP contribution in [0, 0.1) is 11.8 Å². The van der Waals surface area contributed by atoms with Crippen LogP contribution >= 0.6 is 11.8 Å². The van der Waals surface area contributed by atoms with E-state index in [4.69, 9.17) is 5.73 Å². The van der Waals surface area contributed by atoms with Gasteiger partial charge in [-0.25, -0.2) is 0 Å². The van der Waals surface area contributed by atoms with Crippen LogP contribution in [0.2, 0.25) is 0 Å². The molecule has 15 heavy (non-hydrogen) atoms. The van der Waals surface area contributed by atoms with E-state index in [2.05, 4.69) is 40.5 Å². The van der Waals surface area contributed by atoms with Gasteiger partial charge in [-0.2, -0.15) is 0 Å². The highest BCUT2D eigenvalue weighted by molar-refractivity contribution is 7.99. The van der Waals surface area contributed by atoms with Crippen molar-refractivity contribution >= 4 is 11.8 Å². The van der Waals surface area contributed by atoms with E-state index < -0.39 is 0 Å². The van der Waals surface area contributed by atoms with E-state index in [0.29, 0.717) is 12.6 Å². The molecule has 4 nitrogen and oxygen atoms in total. The fraction of sp³-hybridized carbons (Fsp3) is 0.600. The summed E-state index contributed by atoms with van der Waals surface area (Å²) in [5.41, 5.74) is 5.60. The van der Waals surface area contributed by atoms with E-state index in [0.717, 1.165) is 16.7 Å². The first kappa shape index (κ1) is 12.1. The predicted molar refractivity (Wildman–Crippen MR) is 62.5 cm³/mol. The lowest BCUT2D eigenvalue weighted by Gasteiger charge is -2.11. The highest BCUT2D eigenvalue weighted by Gasteiger charge is 2.13. The van der Waals surface area contributed by atoms with Crippen LogP contribution in [-0.4, -0.2) is 20.5 Å². The number of thioether (sulfide) groups is 1. The van der Waals surface area contributed by atoms with Gasteiger partial charge < -0.3 is 10.3 Å². The molecular weight excluding hydrogens is 208 g/mol. The van der Waals surface area contributed by atoms with E-state index in [1.54, 1.807) is 11.8 Å². The number of nitrogens with two attached hydrogens (primary N) is 1. The van der Waals surface area contributed by atoms with Gasteiger partial charge in [0.1, 0.15) is 5.82 Å². The van der Waals surface area contributed by atoms with Crippen molar-refractivity contribution in [2.24, 2.45) is 5.73 Å². The summed E-state index contributed by atoms with van der Waals surface area (Å²) < 4.78 is 2.06. The summed E-state index contributed by atoms with van der Waals surface area (Å²) >= 11 is 1.60. The minimum atomic E-state index is 0.329. The summed E-state index contributed by atoms with van der Waals surface area (Å²) in [6.07, 6.45) is 0. The maximum absolute atomic E-state index is 5.60. The second-order valence-electron chi connectivity index (χ2n) is 3.28. The van der Waals surface area contributed by atoms with Crippen LogP contribution in [0.4, 0.5) is 0 Å². The van der Waals surface area contributed by atoms with Crippen molar-refractivity contribution < 1.29 is 0 Å². The molecule has 0 aliphatic rings. The number of hydrogen-bond donors (Lipinski definition) is 1. The van der Waals surface area contributed by atoms with Gasteiger partial charge in [-0.3, -0.25) is 0 Å². The normalized spacial score (nSPS) is 10.2. The lowest BCUT2D eigenvalue weighted by molar-refractivity contribution is 0.526. The topological polar surface area (TPSA) is 56.7 Å². The van der Waals surface area contributed by atoms with Crippen molar-refractivity contribution in [1.82, 2.24) is 14.8 Å². The Kier molecular flexibility index (Phi) is 4.66. The molecule has 0 bridgehead atoms. The molecule has 1 heterocycles. The molecule has 1 rings (SSSR count). The summed E-state index contributed by atoms with van der Waals surface area (Å²) in [7, 11) is 0. The molecule has 0 fully saturated rings. The average molecular weight is 224 g/mol. The zero-order chi connectivity index (χ0) is 11.3. The van der Waals surface area contributed by atoms with Crippen molar-refractivity contribution in [1.29, 1.82) is 0 Å². The number of hydrogen-bond acceptors (Lipinski definition) is 4. The Hall–Kier alpha value is -0.990. The molecule has 0 saturated carbocycles. The molecule has 1 aromatic rings. The molecule has 0 saturated heterocycles. The monoisotopic (exact) mass is 224 g/mol. The third kappa shape index (κ3) is 2.98. The largest absolute Gasteiger partial charge is 0.324 e. The van der Waals surface area contributed by atoms with Gasteiger partial charge >= 0.3 is 0 Å². The third-order valence-electron chi connectivity index (χ3n) is 1.88. The van der Waals surface area contributed by atoms with E-state index >= 15 is 0 Å². The van der Waals surface area contributed by atoms with Gasteiger partial charge in [0.25, 0.3) is 0 Å². The summed E-state index contributed by atoms with van der Waals surface area (Å²) in [5.74, 6) is 7.42. The van der Waals surface area contributed by atoms with Crippen LogP contribution in [-0.2, 0) is 6.54 Å². The van der Waals surface area contributed by atoms with Crippen LogP contribution in [0.15, 0.2) is 5.16 Å². The Bertz CT molecular complexity index is 373. The Balaban J connectivity index is 2.85. The van der Waals surface area contributed by atoms with Crippen LogP contribution in [0.25, 0.3) is 0 Å². The second-order valence-corrected chi connectivity index (χ2v) is 4.22. The van der Waals surface area contributed by atoms with Gasteiger partial charge in [0.15, 0.2) is 5.16 Å². The minimum Gasteiger partial charge on any atom is -0.324 e. The lowest BCUT2D eigenvalue weighted by atomic mass is 10.4. The van der Waals surface area contributed by atoms with E-state index in [9.17, 15) is 0 Å². The zero-order valence-electron chi connectivity index (χ0n) is 9.32. The van der Waals surface area contributed by atoms with Crippen molar-refractivity contribution in [3.05, 3.63) is 5.82 Å². The summed E-state index contributed by atoms with van der Waals surface area (Å²) in [6.45, 7) is 6.44. The molecule has 0 spiro atoms. The summed E-state index contributed by atoms with van der Waals surface area (Å²) in [4.78, 5) is 0. The highest BCUT2D eigenvalue weighted by Crippen LogP contribution is 2.20. The quantitative estimate of drug-likeness (QED) is 0.621. The van der Waals surface area contributed by atoms with E-state index in [1.807, 2.05) is 6.92 Å². The van der Waals surface area contributed by atoms with Crippen molar-refractivity contribution in [2.45, 2.75) is 38.5 Å².